The molecule has 0 unspecified atom stereocenters. The van der Waals surface area contributed by atoms with Gasteiger partial charge in [-0.1, -0.05) is 18.9 Å². The molecule has 5 nitrogen and oxygen atoms in total. The maximum Gasteiger partial charge on any atom is 0.268 e. The minimum Gasteiger partial charge on any atom is -0.306 e. The summed E-state index contributed by atoms with van der Waals surface area (Å²) in [4.78, 5) is 19.0. The first-order valence-corrected chi connectivity index (χ1v) is 9.78. The average molecular weight is 358 g/mol. The average Bonchev–Trinajstić information content (AvgIpc) is 3.34. The van der Waals surface area contributed by atoms with Crippen LogP contribution in [0.1, 0.15) is 47.1 Å². The van der Waals surface area contributed by atoms with Crippen LogP contribution in [0.4, 0.5) is 5.82 Å². The summed E-state index contributed by atoms with van der Waals surface area (Å²) in [7, 11) is 0. The van der Waals surface area contributed by atoms with E-state index in [0.29, 0.717) is 10.9 Å². The molecule has 1 aliphatic carbocycles. The zero-order valence-corrected chi connectivity index (χ0v) is 15.0. The minimum atomic E-state index is -0.104. The second-order valence-corrected chi connectivity index (χ2v) is 7.91. The number of aromatic nitrogens is 3. The fourth-order valence-corrected chi connectivity index (χ4v) is 4.90. The first kappa shape index (κ1) is 15.5. The molecule has 1 fully saturated rings. The number of amides is 1. The van der Waals surface area contributed by atoms with Crippen LogP contribution in [0.3, 0.4) is 0 Å². The molecule has 4 rings (SSSR count). The van der Waals surface area contributed by atoms with Crippen molar-refractivity contribution in [1.29, 1.82) is 0 Å². The predicted octanol–water partition coefficient (Wildman–Crippen LogP) is 4.74. The molecule has 0 radical (unpaired) electrons. The normalized spacial score (nSPS) is 15.0. The highest BCUT2D eigenvalue weighted by atomic mass is 32.1. The van der Waals surface area contributed by atoms with Crippen molar-refractivity contribution < 1.29 is 4.79 Å². The van der Waals surface area contributed by atoms with E-state index in [2.05, 4.69) is 15.4 Å². The van der Waals surface area contributed by atoms with E-state index < -0.39 is 0 Å². The van der Waals surface area contributed by atoms with Crippen LogP contribution in [0.15, 0.2) is 29.8 Å². The molecule has 3 heterocycles. The van der Waals surface area contributed by atoms with Gasteiger partial charge in [-0.2, -0.15) is 5.10 Å². The number of thiophene rings is 1. The van der Waals surface area contributed by atoms with E-state index in [4.69, 9.17) is 0 Å². The molecular formula is C17H18N4OS2. The SMILES string of the molecule is Cc1nc(-c2cccs2)sc1C(=O)Nc1ccnn1C1CCCC1. The van der Waals surface area contributed by atoms with E-state index in [0.717, 1.165) is 34.2 Å². The number of rotatable bonds is 4. The lowest BCUT2D eigenvalue weighted by molar-refractivity contribution is 0.102. The molecule has 1 N–H and O–H groups in total. The van der Waals surface area contributed by atoms with Crippen molar-refractivity contribution in [3.63, 3.8) is 0 Å². The third kappa shape index (κ3) is 2.89. The molecule has 0 atom stereocenters. The number of nitrogens with zero attached hydrogens (tertiary/aromatic N) is 3. The fraction of sp³-hybridized carbons (Fsp3) is 0.353. The van der Waals surface area contributed by atoms with Crippen molar-refractivity contribution >= 4 is 34.4 Å². The molecule has 0 bridgehead atoms. The Kier molecular flexibility index (Phi) is 4.20. The summed E-state index contributed by atoms with van der Waals surface area (Å²) >= 11 is 3.08. The lowest BCUT2D eigenvalue weighted by Gasteiger charge is -2.14. The molecule has 0 spiro atoms. The van der Waals surface area contributed by atoms with Crippen LogP contribution in [0.25, 0.3) is 9.88 Å². The van der Waals surface area contributed by atoms with Crippen molar-refractivity contribution in [2.75, 3.05) is 5.32 Å². The molecule has 1 aliphatic rings. The van der Waals surface area contributed by atoms with E-state index in [1.807, 2.05) is 35.2 Å². The summed E-state index contributed by atoms with van der Waals surface area (Å²) in [6.45, 7) is 1.89. The van der Waals surface area contributed by atoms with Gasteiger partial charge in [0.05, 0.1) is 22.8 Å². The number of anilines is 1. The van der Waals surface area contributed by atoms with Gasteiger partial charge in [-0.25, -0.2) is 9.67 Å². The molecule has 124 valence electrons. The van der Waals surface area contributed by atoms with E-state index in [1.54, 1.807) is 17.5 Å². The lowest BCUT2D eigenvalue weighted by Crippen LogP contribution is -2.17. The third-order valence-corrected chi connectivity index (χ3v) is 6.51. The number of thiazole rings is 1. The largest absolute Gasteiger partial charge is 0.306 e. The molecule has 1 amide bonds. The zero-order chi connectivity index (χ0) is 16.5. The van der Waals surface area contributed by atoms with Gasteiger partial charge < -0.3 is 5.32 Å². The minimum absolute atomic E-state index is 0.104. The Morgan fingerprint density at radius 3 is 2.92 bits per heavy atom. The van der Waals surface area contributed by atoms with Gasteiger partial charge in [-0.05, 0) is 31.2 Å². The van der Waals surface area contributed by atoms with Crippen LogP contribution >= 0.6 is 22.7 Å². The maximum absolute atomic E-state index is 12.7. The number of carbonyl (C=O) groups excluding carboxylic acids is 1. The van der Waals surface area contributed by atoms with Gasteiger partial charge in [-0.15, -0.1) is 22.7 Å². The maximum atomic E-state index is 12.7. The van der Waals surface area contributed by atoms with E-state index in [9.17, 15) is 4.79 Å². The molecule has 0 aliphatic heterocycles. The monoisotopic (exact) mass is 358 g/mol. The zero-order valence-electron chi connectivity index (χ0n) is 13.4. The van der Waals surface area contributed by atoms with Crippen molar-refractivity contribution in [2.45, 2.75) is 38.6 Å². The third-order valence-electron chi connectivity index (χ3n) is 4.32. The van der Waals surface area contributed by atoms with Gasteiger partial charge in [0.25, 0.3) is 5.91 Å². The molecule has 0 saturated heterocycles. The van der Waals surface area contributed by atoms with Gasteiger partial charge in [0.15, 0.2) is 0 Å². The topological polar surface area (TPSA) is 59.8 Å². The fourth-order valence-electron chi connectivity index (χ4n) is 3.14. The quantitative estimate of drug-likeness (QED) is 0.732. The Morgan fingerprint density at radius 2 is 2.17 bits per heavy atom. The van der Waals surface area contributed by atoms with Crippen LogP contribution in [0.5, 0.6) is 0 Å². The standard InChI is InChI=1S/C17H18N4OS2/c1-11-15(24-17(19-11)13-7-4-10-23-13)16(22)20-14-8-9-18-21(14)12-5-2-3-6-12/h4,7-10,12H,2-3,5-6H2,1H3,(H,20,22). The molecule has 7 heteroatoms. The molecule has 1 saturated carbocycles. The number of nitrogens with one attached hydrogen (secondary N) is 1. The van der Waals surface area contributed by atoms with Crippen molar-refractivity contribution in [1.82, 2.24) is 14.8 Å². The highest BCUT2D eigenvalue weighted by Crippen LogP contribution is 2.33. The second kappa shape index (κ2) is 6.49. The van der Waals surface area contributed by atoms with Gasteiger partial charge in [0, 0.05) is 6.07 Å². The van der Waals surface area contributed by atoms with Gasteiger partial charge in [-0.3, -0.25) is 4.79 Å². The summed E-state index contributed by atoms with van der Waals surface area (Å²) in [5, 5.41) is 10.3. The van der Waals surface area contributed by atoms with Crippen LogP contribution in [-0.2, 0) is 0 Å². The molecule has 3 aromatic heterocycles. The number of carbonyl (C=O) groups is 1. The summed E-state index contributed by atoms with van der Waals surface area (Å²) in [5.41, 5.74) is 0.771. The van der Waals surface area contributed by atoms with E-state index in [-0.39, 0.29) is 5.91 Å². The van der Waals surface area contributed by atoms with E-state index >= 15 is 0 Å². The predicted molar refractivity (Wildman–Crippen MR) is 97.8 cm³/mol. The van der Waals surface area contributed by atoms with Crippen molar-refractivity contribution in [3.05, 3.63) is 40.3 Å². The first-order chi connectivity index (χ1) is 11.7. The van der Waals surface area contributed by atoms with Crippen LogP contribution < -0.4 is 5.32 Å². The second-order valence-electron chi connectivity index (χ2n) is 5.96. The Labute approximate surface area is 148 Å². The van der Waals surface area contributed by atoms with Gasteiger partial charge in [0.1, 0.15) is 15.7 Å². The van der Waals surface area contributed by atoms with Gasteiger partial charge in [0.2, 0.25) is 0 Å². The Hall–Kier alpha value is -1.99. The summed E-state index contributed by atoms with van der Waals surface area (Å²) < 4.78 is 1.96. The summed E-state index contributed by atoms with van der Waals surface area (Å²) in [6, 6.07) is 6.29. The van der Waals surface area contributed by atoms with E-state index in [1.165, 1.54) is 24.2 Å². The highest BCUT2D eigenvalue weighted by molar-refractivity contribution is 7.22. The van der Waals surface area contributed by atoms with Crippen molar-refractivity contribution in [3.8, 4) is 9.88 Å². The Bertz CT molecular complexity index is 844. The van der Waals surface area contributed by atoms with Crippen molar-refractivity contribution in [2.24, 2.45) is 0 Å². The smallest absolute Gasteiger partial charge is 0.268 e. The van der Waals surface area contributed by atoms with Crippen LogP contribution in [0, 0.1) is 6.92 Å². The molecular weight excluding hydrogens is 340 g/mol. The summed E-state index contributed by atoms with van der Waals surface area (Å²) in [6.07, 6.45) is 6.48. The highest BCUT2D eigenvalue weighted by Gasteiger charge is 2.22. The molecule has 0 aromatic carbocycles. The molecule has 24 heavy (non-hydrogen) atoms. The molecule has 3 aromatic rings. The number of aryl methyl sites for hydroxylation is 1. The van der Waals surface area contributed by atoms with Crippen LogP contribution in [-0.4, -0.2) is 20.7 Å². The summed E-state index contributed by atoms with van der Waals surface area (Å²) in [5.74, 6) is 0.671. The first-order valence-electron chi connectivity index (χ1n) is 8.08. The number of hydrogen-bond acceptors (Lipinski definition) is 5. The van der Waals surface area contributed by atoms with Crippen LogP contribution in [0.2, 0.25) is 0 Å². The lowest BCUT2D eigenvalue weighted by atomic mass is 10.2. The van der Waals surface area contributed by atoms with Gasteiger partial charge >= 0.3 is 0 Å². The Balaban J connectivity index is 1.56. The Morgan fingerprint density at radius 1 is 1.33 bits per heavy atom. The number of hydrogen-bond donors (Lipinski definition) is 1.